The molecule has 1 heterocycles. The van der Waals surface area contributed by atoms with E-state index in [0.29, 0.717) is 12.5 Å². The SMILES string of the molecule is CCOC(=O)C12CC1CC1OC(C)OC12. The van der Waals surface area contributed by atoms with Crippen LogP contribution >= 0.6 is 0 Å². The molecule has 0 radical (unpaired) electrons. The topological polar surface area (TPSA) is 44.8 Å². The average Bonchev–Trinajstić information content (AvgIpc) is 2.65. The van der Waals surface area contributed by atoms with Crippen LogP contribution in [0.2, 0.25) is 0 Å². The van der Waals surface area contributed by atoms with E-state index in [1.165, 1.54) is 0 Å². The fourth-order valence-corrected chi connectivity index (χ4v) is 3.18. The number of ether oxygens (including phenoxy) is 3. The van der Waals surface area contributed by atoms with Crippen LogP contribution in [0.25, 0.3) is 0 Å². The minimum atomic E-state index is -0.356. The molecule has 5 unspecified atom stereocenters. The van der Waals surface area contributed by atoms with Crippen molar-refractivity contribution in [3.8, 4) is 0 Å². The summed E-state index contributed by atoms with van der Waals surface area (Å²) in [5.41, 5.74) is -0.356. The van der Waals surface area contributed by atoms with Gasteiger partial charge in [-0.3, -0.25) is 4.79 Å². The van der Waals surface area contributed by atoms with Crippen molar-refractivity contribution in [3.05, 3.63) is 0 Å². The Morgan fingerprint density at radius 3 is 3.07 bits per heavy atom. The largest absolute Gasteiger partial charge is 0.465 e. The minimum absolute atomic E-state index is 0.0588. The predicted octanol–water partition coefficient (Wildman–Crippen LogP) is 1.09. The van der Waals surface area contributed by atoms with Gasteiger partial charge < -0.3 is 14.2 Å². The van der Waals surface area contributed by atoms with Crippen LogP contribution in [0.3, 0.4) is 0 Å². The number of hydrogen-bond acceptors (Lipinski definition) is 4. The maximum atomic E-state index is 11.9. The molecule has 2 aliphatic carbocycles. The molecular weight excluding hydrogens is 196 g/mol. The molecule has 0 bridgehead atoms. The van der Waals surface area contributed by atoms with E-state index < -0.39 is 0 Å². The molecule has 0 N–H and O–H groups in total. The molecule has 0 aromatic carbocycles. The standard InChI is InChI=1S/C11H16O4/c1-3-13-10(12)11-5-7(11)4-8-9(11)15-6(2)14-8/h6-9H,3-5H2,1-2H3. The monoisotopic (exact) mass is 212 g/mol. The Morgan fingerprint density at radius 1 is 1.53 bits per heavy atom. The Hall–Kier alpha value is -0.610. The summed E-state index contributed by atoms with van der Waals surface area (Å²) in [7, 11) is 0. The Labute approximate surface area is 88.9 Å². The summed E-state index contributed by atoms with van der Waals surface area (Å²) in [6, 6.07) is 0. The second-order valence-electron chi connectivity index (χ2n) is 4.70. The molecule has 0 aromatic heterocycles. The highest BCUT2D eigenvalue weighted by Crippen LogP contribution is 2.67. The predicted molar refractivity (Wildman–Crippen MR) is 51.0 cm³/mol. The first-order valence-electron chi connectivity index (χ1n) is 5.66. The lowest BCUT2D eigenvalue weighted by molar-refractivity contribution is -0.156. The summed E-state index contributed by atoms with van der Waals surface area (Å²) in [5.74, 6) is 0.347. The third-order valence-electron chi connectivity index (χ3n) is 3.87. The lowest BCUT2D eigenvalue weighted by atomic mass is 10.00. The van der Waals surface area contributed by atoms with Crippen LogP contribution in [-0.2, 0) is 19.0 Å². The molecule has 0 spiro atoms. The van der Waals surface area contributed by atoms with Crippen molar-refractivity contribution in [2.45, 2.75) is 45.2 Å². The van der Waals surface area contributed by atoms with Crippen LogP contribution in [0.1, 0.15) is 26.7 Å². The number of esters is 1. The van der Waals surface area contributed by atoms with Crippen LogP contribution in [0.4, 0.5) is 0 Å². The van der Waals surface area contributed by atoms with E-state index in [-0.39, 0.29) is 29.9 Å². The summed E-state index contributed by atoms with van der Waals surface area (Å²) in [4.78, 5) is 11.9. The highest BCUT2D eigenvalue weighted by atomic mass is 16.7. The summed E-state index contributed by atoms with van der Waals surface area (Å²) >= 11 is 0. The zero-order chi connectivity index (χ0) is 10.6. The molecule has 15 heavy (non-hydrogen) atoms. The zero-order valence-corrected chi connectivity index (χ0v) is 9.06. The number of fused-ring (bicyclic) bond motifs is 3. The molecule has 1 saturated heterocycles. The second-order valence-corrected chi connectivity index (χ2v) is 4.70. The maximum absolute atomic E-state index is 11.9. The van der Waals surface area contributed by atoms with E-state index in [1.54, 1.807) is 0 Å². The Bertz CT molecular complexity index is 303. The molecule has 0 amide bonds. The molecule has 3 rings (SSSR count). The molecular formula is C11H16O4. The zero-order valence-electron chi connectivity index (χ0n) is 9.06. The van der Waals surface area contributed by atoms with E-state index in [9.17, 15) is 4.79 Å². The average molecular weight is 212 g/mol. The van der Waals surface area contributed by atoms with Crippen LogP contribution in [-0.4, -0.2) is 31.1 Å². The first kappa shape index (κ1) is 9.60. The fraction of sp³-hybridized carbons (Fsp3) is 0.909. The third-order valence-corrected chi connectivity index (χ3v) is 3.87. The summed E-state index contributed by atoms with van der Waals surface area (Å²) in [6.45, 7) is 4.17. The van der Waals surface area contributed by atoms with Gasteiger partial charge in [0, 0.05) is 0 Å². The highest BCUT2D eigenvalue weighted by Gasteiger charge is 2.74. The van der Waals surface area contributed by atoms with E-state index in [0.717, 1.165) is 12.8 Å². The van der Waals surface area contributed by atoms with Gasteiger partial charge in [-0.05, 0) is 32.6 Å². The third kappa shape index (κ3) is 1.12. The van der Waals surface area contributed by atoms with Gasteiger partial charge in [0.25, 0.3) is 0 Å². The van der Waals surface area contributed by atoms with E-state index >= 15 is 0 Å². The Morgan fingerprint density at radius 2 is 2.33 bits per heavy atom. The lowest BCUT2D eigenvalue weighted by Gasteiger charge is -2.19. The summed E-state index contributed by atoms with van der Waals surface area (Å²) in [6.07, 6.45) is 1.75. The smallest absolute Gasteiger partial charge is 0.315 e. The number of carbonyl (C=O) groups excluding carboxylic acids is 1. The Balaban J connectivity index is 1.80. The van der Waals surface area contributed by atoms with Crippen LogP contribution < -0.4 is 0 Å². The van der Waals surface area contributed by atoms with Crippen molar-refractivity contribution in [2.24, 2.45) is 11.3 Å². The van der Waals surface area contributed by atoms with E-state index in [1.807, 2.05) is 13.8 Å². The van der Waals surface area contributed by atoms with Gasteiger partial charge in [0.05, 0.1) is 18.1 Å². The first-order valence-corrected chi connectivity index (χ1v) is 5.66. The van der Waals surface area contributed by atoms with Gasteiger partial charge >= 0.3 is 5.97 Å². The Kier molecular flexibility index (Phi) is 1.89. The number of carbonyl (C=O) groups is 1. The molecule has 3 fully saturated rings. The molecule has 5 atom stereocenters. The first-order chi connectivity index (χ1) is 7.18. The fourth-order valence-electron chi connectivity index (χ4n) is 3.18. The van der Waals surface area contributed by atoms with Gasteiger partial charge in [0.2, 0.25) is 0 Å². The number of rotatable bonds is 2. The molecule has 0 aromatic rings. The van der Waals surface area contributed by atoms with Crippen molar-refractivity contribution < 1.29 is 19.0 Å². The van der Waals surface area contributed by atoms with Crippen molar-refractivity contribution >= 4 is 5.97 Å². The maximum Gasteiger partial charge on any atom is 0.315 e. The lowest BCUT2D eigenvalue weighted by Crippen LogP contribution is -2.35. The van der Waals surface area contributed by atoms with Crippen molar-refractivity contribution in [1.29, 1.82) is 0 Å². The van der Waals surface area contributed by atoms with E-state index in [2.05, 4.69) is 0 Å². The quantitative estimate of drug-likeness (QED) is 0.643. The van der Waals surface area contributed by atoms with Crippen LogP contribution in [0.15, 0.2) is 0 Å². The molecule has 1 aliphatic heterocycles. The van der Waals surface area contributed by atoms with Gasteiger partial charge in [0.15, 0.2) is 6.29 Å². The molecule has 2 saturated carbocycles. The van der Waals surface area contributed by atoms with Crippen LogP contribution in [0.5, 0.6) is 0 Å². The van der Waals surface area contributed by atoms with Gasteiger partial charge in [-0.2, -0.15) is 0 Å². The van der Waals surface area contributed by atoms with Gasteiger partial charge in [-0.1, -0.05) is 0 Å². The summed E-state index contributed by atoms with van der Waals surface area (Å²) < 4.78 is 16.4. The molecule has 4 nitrogen and oxygen atoms in total. The molecule has 84 valence electrons. The molecule has 4 heteroatoms. The van der Waals surface area contributed by atoms with Crippen molar-refractivity contribution in [3.63, 3.8) is 0 Å². The number of hydrogen-bond donors (Lipinski definition) is 0. The van der Waals surface area contributed by atoms with Gasteiger partial charge in [0.1, 0.15) is 6.10 Å². The van der Waals surface area contributed by atoms with Crippen molar-refractivity contribution in [2.75, 3.05) is 6.61 Å². The minimum Gasteiger partial charge on any atom is -0.465 e. The summed E-state index contributed by atoms with van der Waals surface area (Å²) in [5, 5.41) is 0. The van der Waals surface area contributed by atoms with Gasteiger partial charge in [-0.15, -0.1) is 0 Å². The van der Waals surface area contributed by atoms with Gasteiger partial charge in [-0.25, -0.2) is 0 Å². The van der Waals surface area contributed by atoms with Crippen LogP contribution in [0, 0.1) is 11.3 Å². The second kappa shape index (κ2) is 2.95. The molecule has 3 aliphatic rings. The van der Waals surface area contributed by atoms with E-state index in [4.69, 9.17) is 14.2 Å². The van der Waals surface area contributed by atoms with Crippen molar-refractivity contribution in [1.82, 2.24) is 0 Å². The normalized spacial score (nSPS) is 51.1. The highest BCUT2D eigenvalue weighted by molar-refractivity contribution is 5.82.